The lowest BCUT2D eigenvalue weighted by molar-refractivity contribution is 0.0186. The highest BCUT2D eigenvalue weighted by atomic mass is 127. The van der Waals surface area contributed by atoms with E-state index in [1.165, 1.54) is 25.9 Å². The number of carbonyl (C=O) groups is 1. The largest absolute Gasteiger partial charge is 0.444 e. The van der Waals surface area contributed by atoms with Gasteiger partial charge >= 0.3 is 6.09 Å². The van der Waals surface area contributed by atoms with Crippen LogP contribution in [0.5, 0.6) is 0 Å². The number of aliphatic imine (C=N–C) groups is 1. The molecule has 0 radical (unpaired) electrons. The van der Waals surface area contributed by atoms with Gasteiger partial charge < -0.3 is 25.2 Å². The third kappa shape index (κ3) is 7.85. The molecule has 8 heteroatoms. The molecule has 1 amide bonds. The van der Waals surface area contributed by atoms with Crippen molar-refractivity contribution in [3.05, 3.63) is 0 Å². The van der Waals surface area contributed by atoms with Crippen LogP contribution in [0.3, 0.4) is 0 Å². The monoisotopic (exact) mass is 481 g/mol. The molecular formula is C18H36IN5O2. The Labute approximate surface area is 175 Å². The second kappa shape index (κ2) is 10.5. The topological polar surface area (TPSA) is 74.4 Å². The summed E-state index contributed by atoms with van der Waals surface area (Å²) >= 11 is 0. The number of amides is 1. The van der Waals surface area contributed by atoms with E-state index >= 15 is 0 Å². The molecule has 0 bridgehead atoms. The van der Waals surface area contributed by atoms with Crippen molar-refractivity contribution in [2.45, 2.75) is 46.1 Å². The summed E-state index contributed by atoms with van der Waals surface area (Å²) in [5.41, 5.74) is 5.70. The van der Waals surface area contributed by atoms with E-state index in [4.69, 9.17) is 10.5 Å². The molecule has 0 spiro atoms. The number of rotatable bonds is 4. The Hall–Kier alpha value is -0.770. The molecule has 2 heterocycles. The van der Waals surface area contributed by atoms with Gasteiger partial charge in [-0.3, -0.25) is 4.99 Å². The minimum absolute atomic E-state index is 0. The minimum atomic E-state index is -0.458. The molecule has 0 aromatic carbocycles. The molecule has 7 nitrogen and oxygen atoms in total. The third-order valence-electron chi connectivity index (χ3n) is 4.59. The van der Waals surface area contributed by atoms with Crippen LogP contribution in [-0.2, 0) is 4.74 Å². The van der Waals surface area contributed by atoms with Crippen LogP contribution in [0.25, 0.3) is 0 Å². The van der Waals surface area contributed by atoms with Crippen LogP contribution >= 0.6 is 24.0 Å². The van der Waals surface area contributed by atoms with Gasteiger partial charge in [0.25, 0.3) is 0 Å². The number of nitrogens with zero attached hydrogens (tertiary/aromatic N) is 4. The number of likely N-dealkylation sites (tertiary alicyclic amines) is 1. The minimum Gasteiger partial charge on any atom is -0.444 e. The lowest BCUT2D eigenvalue weighted by Gasteiger charge is -2.36. The summed E-state index contributed by atoms with van der Waals surface area (Å²) in [6.45, 7) is 14.8. The molecule has 1 atom stereocenters. The molecule has 0 aromatic heterocycles. The Balaban J connectivity index is 0.00000338. The molecule has 0 aromatic rings. The number of piperazine rings is 1. The zero-order chi connectivity index (χ0) is 18.4. The van der Waals surface area contributed by atoms with E-state index < -0.39 is 5.60 Å². The van der Waals surface area contributed by atoms with Crippen LogP contribution < -0.4 is 5.73 Å². The van der Waals surface area contributed by atoms with E-state index in [9.17, 15) is 4.79 Å². The Morgan fingerprint density at radius 3 is 2.15 bits per heavy atom. The van der Waals surface area contributed by atoms with E-state index in [2.05, 4.69) is 21.7 Å². The predicted molar refractivity (Wildman–Crippen MR) is 116 cm³/mol. The average molecular weight is 481 g/mol. The summed E-state index contributed by atoms with van der Waals surface area (Å²) in [5.74, 6) is 1.11. The van der Waals surface area contributed by atoms with Gasteiger partial charge in [-0.25, -0.2) is 4.79 Å². The van der Waals surface area contributed by atoms with Gasteiger partial charge in [0.2, 0.25) is 0 Å². The molecule has 2 fully saturated rings. The van der Waals surface area contributed by atoms with Gasteiger partial charge in [-0.1, -0.05) is 6.92 Å². The van der Waals surface area contributed by atoms with E-state index in [0.29, 0.717) is 38.1 Å². The normalized spacial score (nSPS) is 20.7. The van der Waals surface area contributed by atoms with Gasteiger partial charge in [0.15, 0.2) is 5.96 Å². The standard InChI is InChI=1S/C18H35N5O2.HI/c1-15(14-21-7-5-6-8-21)13-20-16(19)22-9-11-23(12-10-22)17(24)25-18(2,3)4;/h15H,5-14H2,1-4H3,(H2,19,20);1H. The number of ether oxygens (including phenoxy) is 1. The molecule has 2 saturated heterocycles. The Kier molecular flexibility index (Phi) is 9.43. The fourth-order valence-corrected chi connectivity index (χ4v) is 3.26. The smallest absolute Gasteiger partial charge is 0.410 e. The van der Waals surface area contributed by atoms with Gasteiger partial charge in [-0.2, -0.15) is 0 Å². The molecule has 2 aliphatic heterocycles. The first kappa shape index (κ1) is 23.3. The second-order valence-electron chi connectivity index (χ2n) is 8.27. The maximum atomic E-state index is 12.1. The average Bonchev–Trinajstić information content (AvgIpc) is 3.04. The van der Waals surface area contributed by atoms with Crippen LogP contribution in [0.1, 0.15) is 40.5 Å². The lowest BCUT2D eigenvalue weighted by Crippen LogP contribution is -2.53. The van der Waals surface area contributed by atoms with Gasteiger partial charge in [0.05, 0.1) is 0 Å². The number of guanidine groups is 1. The molecule has 152 valence electrons. The highest BCUT2D eigenvalue weighted by molar-refractivity contribution is 14.0. The van der Waals surface area contributed by atoms with Gasteiger partial charge in [0, 0.05) is 39.3 Å². The summed E-state index contributed by atoms with van der Waals surface area (Å²) in [4.78, 5) is 23.0. The first-order valence-electron chi connectivity index (χ1n) is 9.50. The Morgan fingerprint density at radius 2 is 1.62 bits per heavy atom. The third-order valence-corrected chi connectivity index (χ3v) is 4.59. The molecule has 2 N–H and O–H groups in total. The summed E-state index contributed by atoms with van der Waals surface area (Å²) in [7, 11) is 0. The first-order valence-corrected chi connectivity index (χ1v) is 9.50. The fraction of sp³-hybridized carbons (Fsp3) is 0.889. The van der Waals surface area contributed by atoms with Crippen molar-refractivity contribution in [1.29, 1.82) is 0 Å². The lowest BCUT2D eigenvalue weighted by atomic mass is 10.2. The van der Waals surface area contributed by atoms with Crippen molar-refractivity contribution in [3.8, 4) is 0 Å². The molecule has 0 aliphatic carbocycles. The molecule has 1 unspecified atom stereocenters. The number of nitrogens with two attached hydrogens (primary N) is 1. The predicted octanol–water partition coefficient (Wildman–Crippen LogP) is 2.20. The molecule has 2 rings (SSSR count). The Morgan fingerprint density at radius 1 is 1.08 bits per heavy atom. The fourth-order valence-electron chi connectivity index (χ4n) is 3.26. The zero-order valence-corrected chi connectivity index (χ0v) is 19.1. The van der Waals surface area contributed by atoms with Crippen molar-refractivity contribution in [3.63, 3.8) is 0 Å². The SMILES string of the molecule is CC(CN=C(N)N1CCN(C(=O)OC(C)(C)C)CC1)CN1CCCC1.I. The number of carbonyl (C=O) groups excluding carboxylic acids is 1. The summed E-state index contributed by atoms with van der Waals surface area (Å²) < 4.78 is 5.42. The van der Waals surface area contributed by atoms with E-state index in [-0.39, 0.29) is 30.1 Å². The van der Waals surface area contributed by atoms with Crippen molar-refractivity contribution in [2.24, 2.45) is 16.6 Å². The van der Waals surface area contributed by atoms with Gasteiger partial charge in [-0.15, -0.1) is 24.0 Å². The maximum absolute atomic E-state index is 12.1. The first-order chi connectivity index (χ1) is 11.7. The van der Waals surface area contributed by atoms with E-state index in [0.717, 1.165) is 13.1 Å². The van der Waals surface area contributed by atoms with Crippen LogP contribution in [-0.4, -0.2) is 84.7 Å². The number of hydrogen-bond donors (Lipinski definition) is 1. The van der Waals surface area contributed by atoms with Crippen molar-refractivity contribution >= 4 is 36.0 Å². The Bertz CT molecular complexity index is 467. The molecular weight excluding hydrogens is 445 g/mol. The highest BCUT2D eigenvalue weighted by Gasteiger charge is 2.26. The van der Waals surface area contributed by atoms with Crippen LogP contribution in [0.15, 0.2) is 4.99 Å². The van der Waals surface area contributed by atoms with Gasteiger partial charge in [0.1, 0.15) is 5.60 Å². The second-order valence-corrected chi connectivity index (χ2v) is 8.27. The van der Waals surface area contributed by atoms with Crippen LogP contribution in [0, 0.1) is 5.92 Å². The van der Waals surface area contributed by atoms with E-state index in [1.54, 1.807) is 4.90 Å². The number of halogens is 1. The molecule has 2 aliphatic rings. The van der Waals surface area contributed by atoms with E-state index in [1.807, 2.05) is 20.8 Å². The van der Waals surface area contributed by atoms with Crippen LogP contribution in [0.2, 0.25) is 0 Å². The summed E-state index contributed by atoms with van der Waals surface area (Å²) in [6.07, 6.45) is 2.39. The zero-order valence-electron chi connectivity index (χ0n) is 16.7. The maximum Gasteiger partial charge on any atom is 0.410 e. The van der Waals surface area contributed by atoms with Crippen molar-refractivity contribution < 1.29 is 9.53 Å². The summed E-state index contributed by atoms with van der Waals surface area (Å²) in [5, 5.41) is 0. The van der Waals surface area contributed by atoms with Gasteiger partial charge in [-0.05, 0) is 52.6 Å². The van der Waals surface area contributed by atoms with Crippen molar-refractivity contribution in [1.82, 2.24) is 14.7 Å². The molecule has 0 saturated carbocycles. The summed E-state index contributed by atoms with van der Waals surface area (Å²) in [6, 6.07) is 0. The number of hydrogen-bond acceptors (Lipinski definition) is 4. The van der Waals surface area contributed by atoms with Crippen LogP contribution in [0.4, 0.5) is 4.79 Å². The van der Waals surface area contributed by atoms with Crippen molar-refractivity contribution in [2.75, 3.05) is 52.4 Å². The molecule has 26 heavy (non-hydrogen) atoms. The quantitative estimate of drug-likeness (QED) is 0.379. The highest BCUT2D eigenvalue weighted by Crippen LogP contribution is 2.12.